The fourth-order valence-electron chi connectivity index (χ4n) is 2.05. The van der Waals surface area contributed by atoms with E-state index in [1.807, 2.05) is 0 Å². The Morgan fingerprint density at radius 2 is 1.56 bits per heavy atom. The maximum atomic E-state index is 14.0. The number of methoxy groups -OCH3 is 1. The summed E-state index contributed by atoms with van der Waals surface area (Å²) >= 11 is 0. The van der Waals surface area contributed by atoms with Crippen LogP contribution in [0.5, 0.6) is 0 Å². The van der Waals surface area contributed by atoms with Gasteiger partial charge in [-0.1, -0.05) is 48.5 Å². The fourth-order valence-corrected chi connectivity index (χ4v) is 2.05. The van der Waals surface area contributed by atoms with E-state index < -0.39 is 30.3 Å². The second-order valence-corrected chi connectivity index (χ2v) is 4.99. The number of halogens is 2. The smallest absolute Gasteiger partial charge is 0.404 e. The molecule has 130 valence electrons. The van der Waals surface area contributed by atoms with Gasteiger partial charge in [0.2, 0.25) is 5.78 Å². The quantitative estimate of drug-likeness (QED) is 0.456. The van der Waals surface area contributed by atoms with Gasteiger partial charge in [0.25, 0.3) is 0 Å². The molecule has 0 aromatic heterocycles. The lowest BCUT2D eigenvalue weighted by atomic mass is 10.1. The second-order valence-electron chi connectivity index (χ2n) is 4.99. The van der Waals surface area contributed by atoms with E-state index in [0.717, 1.165) is 7.11 Å². The third-order valence-electron chi connectivity index (χ3n) is 3.36. The molecule has 0 atom stereocenters. The lowest BCUT2D eigenvalue weighted by molar-refractivity contribution is -0.166. The standard InChI is InChI=1S/C18H14F2O5/c1-24-16(22)14-10-6-5-9-13(14)11-25-17(23)18(19,20)15(21)12-7-3-2-4-8-12/h2-10H,11H2,1H3. The van der Waals surface area contributed by atoms with Crippen LogP contribution in [-0.4, -0.2) is 30.8 Å². The van der Waals surface area contributed by atoms with Crippen molar-refractivity contribution in [2.75, 3.05) is 7.11 Å². The molecule has 0 aliphatic rings. The van der Waals surface area contributed by atoms with Crippen molar-refractivity contribution in [1.29, 1.82) is 0 Å². The number of hydrogen-bond acceptors (Lipinski definition) is 5. The van der Waals surface area contributed by atoms with Crippen LogP contribution in [-0.2, 0) is 20.9 Å². The Hall–Kier alpha value is -3.09. The predicted molar refractivity (Wildman–Crippen MR) is 83.3 cm³/mol. The molecule has 0 bridgehead atoms. The first-order valence-corrected chi connectivity index (χ1v) is 7.19. The van der Waals surface area contributed by atoms with Crippen LogP contribution in [0.2, 0.25) is 0 Å². The van der Waals surface area contributed by atoms with Crippen LogP contribution in [0.4, 0.5) is 8.78 Å². The number of Topliss-reactive ketones (excluding diaryl/α,β-unsaturated/α-hetero) is 1. The summed E-state index contributed by atoms with van der Waals surface area (Å²) in [6, 6.07) is 12.6. The van der Waals surface area contributed by atoms with E-state index in [2.05, 4.69) is 9.47 Å². The number of rotatable bonds is 6. The van der Waals surface area contributed by atoms with Gasteiger partial charge in [-0.05, 0) is 6.07 Å². The maximum Gasteiger partial charge on any atom is 0.404 e. The third-order valence-corrected chi connectivity index (χ3v) is 3.36. The lowest BCUT2D eigenvalue weighted by Crippen LogP contribution is -2.39. The zero-order valence-corrected chi connectivity index (χ0v) is 13.2. The van der Waals surface area contributed by atoms with E-state index in [1.54, 1.807) is 18.2 Å². The van der Waals surface area contributed by atoms with Gasteiger partial charge in [-0.3, -0.25) is 4.79 Å². The first-order valence-electron chi connectivity index (χ1n) is 7.19. The number of esters is 2. The van der Waals surface area contributed by atoms with Crippen molar-refractivity contribution in [2.45, 2.75) is 12.5 Å². The van der Waals surface area contributed by atoms with Crippen LogP contribution in [0.3, 0.4) is 0 Å². The molecule has 25 heavy (non-hydrogen) atoms. The van der Waals surface area contributed by atoms with E-state index in [0.29, 0.717) is 0 Å². The summed E-state index contributed by atoms with van der Waals surface area (Å²) in [5, 5.41) is 0. The summed E-state index contributed by atoms with van der Waals surface area (Å²) in [4.78, 5) is 35.1. The summed E-state index contributed by atoms with van der Waals surface area (Å²) in [6.07, 6.45) is 0. The van der Waals surface area contributed by atoms with Gasteiger partial charge in [-0.15, -0.1) is 0 Å². The van der Waals surface area contributed by atoms with E-state index >= 15 is 0 Å². The summed E-state index contributed by atoms with van der Waals surface area (Å²) in [7, 11) is 1.16. The van der Waals surface area contributed by atoms with Crippen LogP contribution in [0, 0.1) is 0 Å². The largest absolute Gasteiger partial charge is 0.465 e. The monoisotopic (exact) mass is 348 g/mol. The molecule has 0 radical (unpaired) electrons. The van der Waals surface area contributed by atoms with E-state index in [-0.39, 0.29) is 16.7 Å². The molecular weight excluding hydrogens is 334 g/mol. The number of hydrogen-bond donors (Lipinski definition) is 0. The van der Waals surface area contributed by atoms with Gasteiger partial charge in [0, 0.05) is 11.1 Å². The van der Waals surface area contributed by atoms with Crippen molar-refractivity contribution in [3.63, 3.8) is 0 Å². The number of alkyl halides is 2. The van der Waals surface area contributed by atoms with Crippen LogP contribution in [0.1, 0.15) is 26.3 Å². The number of carbonyl (C=O) groups is 3. The molecule has 2 rings (SSSR count). The van der Waals surface area contributed by atoms with Crippen molar-refractivity contribution in [3.8, 4) is 0 Å². The first kappa shape index (κ1) is 18.3. The topological polar surface area (TPSA) is 69.7 Å². The van der Waals surface area contributed by atoms with Gasteiger partial charge in [-0.2, -0.15) is 8.78 Å². The van der Waals surface area contributed by atoms with Gasteiger partial charge in [0.1, 0.15) is 6.61 Å². The molecule has 0 aliphatic carbocycles. The highest BCUT2D eigenvalue weighted by Gasteiger charge is 2.49. The molecule has 0 unspecified atom stereocenters. The minimum Gasteiger partial charge on any atom is -0.465 e. The zero-order valence-electron chi connectivity index (χ0n) is 13.2. The van der Waals surface area contributed by atoms with Gasteiger partial charge in [-0.25, -0.2) is 9.59 Å². The van der Waals surface area contributed by atoms with E-state index in [4.69, 9.17) is 0 Å². The molecule has 2 aromatic rings. The van der Waals surface area contributed by atoms with E-state index in [1.165, 1.54) is 36.4 Å². The number of carbonyl (C=O) groups excluding carboxylic acids is 3. The Bertz CT molecular complexity index is 787. The average molecular weight is 348 g/mol. The average Bonchev–Trinajstić information content (AvgIpc) is 2.65. The maximum absolute atomic E-state index is 14.0. The molecule has 0 aliphatic heterocycles. The summed E-state index contributed by atoms with van der Waals surface area (Å²) < 4.78 is 37.1. The number of ether oxygens (including phenoxy) is 2. The molecule has 7 heteroatoms. The Balaban J connectivity index is 2.12. The molecule has 5 nitrogen and oxygen atoms in total. The van der Waals surface area contributed by atoms with Crippen LogP contribution in [0.15, 0.2) is 54.6 Å². The molecule has 0 N–H and O–H groups in total. The summed E-state index contributed by atoms with van der Waals surface area (Å²) in [6.45, 7) is -0.595. The van der Waals surface area contributed by atoms with Gasteiger partial charge >= 0.3 is 17.9 Å². The van der Waals surface area contributed by atoms with Crippen molar-refractivity contribution in [1.82, 2.24) is 0 Å². The lowest BCUT2D eigenvalue weighted by Gasteiger charge is -2.15. The molecule has 0 fully saturated rings. The number of benzene rings is 2. The zero-order chi connectivity index (χ0) is 18.4. The SMILES string of the molecule is COC(=O)c1ccccc1COC(=O)C(F)(F)C(=O)c1ccccc1. The van der Waals surface area contributed by atoms with Crippen molar-refractivity contribution >= 4 is 17.7 Å². The van der Waals surface area contributed by atoms with Crippen LogP contribution in [0.25, 0.3) is 0 Å². The fraction of sp³-hybridized carbons (Fsp3) is 0.167. The van der Waals surface area contributed by atoms with Crippen LogP contribution < -0.4 is 0 Å². The third kappa shape index (κ3) is 4.06. The second kappa shape index (κ2) is 7.65. The molecule has 0 saturated heterocycles. The Labute approximate surface area is 142 Å². The molecule has 0 heterocycles. The van der Waals surface area contributed by atoms with Gasteiger partial charge < -0.3 is 9.47 Å². The first-order chi connectivity index (χ1) is 11.9. The van der Waals surface area contributed by atoms with Crippen LogP contribution >= 0.6 is 0 Å². The predicted octanol–water partition coefficient (Wildman–Crippen LogP) is 3.03. The number of ketones is 1. The van der Waals surface area contributed by atoms with Crippen molar-refractivity contribution in [3.05, 3.63) is 71.3 Å². The molecule has 0 saturated carbocycles. The van der Waals surface area contributed by atoms with E-state index in [9.17, 15) is 23.2 Å². The molecule has 0 spiro atoms. The highest BCUT2D eigenvalue weighted by molar-refractivity contribution is 6.13. The Morgan fingerprint density at radius 3 is 2.20 bits per heavy atom. The highest BCUT2D eigenvalue weighted by atomic mass is 19.3. The normalized spacial score (nSPS) is 10.8. The molecular formula is C18H14F2O5. The minimum atomic E-state index is -4.33. The minimum absolute atomic E-state index is 0.0792. The Kier molecular flexibility index (Phi) is 5.59. The van der Waals surface area contributed by atoms with Gasteiger partial charge in [0.05, 0.1) is 12.7 Å². The summed E-state index contributed by atoms with van der Waals surface area (Å²) in [5.74, 6) is -8.67. The highest BCUT2D eigenvalue weighted by Crippen LogP contribution is 2.23. The Morgan fingerprint density at radius 1 is 0.960 bits per heavy atom. The summed E-state index contributed by atoms with van der Waals surface area (Å²) in [5.41, 5.74) is -0.0411. The molecule has 0 amide bonds. The van der Waals surface area contributed by atoms with Gasteiger partial charge in [0.15, 0.2) is 0 Å². The van der Waals surface area contributed by atoms with Crippen molar-refractivity contribution in [2.24, 2.45) is 0 Å². The molecule has 2 aromatic carbocycles. The van der Waals surface area contributed by atoms with Crippen molar-refractivity contribution < 1.29 is 32.6 Å².